The maximum atomic E-state index is 12.1. The van der Waals surface area contributed by atoms with Crippen LogP contribution >= 0.6 is 11.6 Å². The summed E-state index contributed by atoms with van der Waals surface area (Å²) in [5.41, 5.74) is 6.83. The van der Waals surface area contributed by atoms with Crippen LogP contribution in [-0.4, -0.2) is 10.8 Å². The molecule has 1 amide bonds. The fraction of sp³-hybridized carbons (Fsp3) is 0.0714. The summed E-state index contributed by atoms with van der Waals surface area (Å²) in [6.45, 7) is 0.408. The van der Waals surface area contributed by atoms with Crippen LogP contribution in [0, 0.1) is 10.1 Å². The number of benzene rings is 2. The number of halogens is 1. The number of nitrogens with zero attached hydrogens (tertiary/aromatic N) is 1. The zero-order valence-corrected chi connectivity index (χ0v) is 11.6. The summed E-state index contributed by atoms with van der Waals surface area (Å²) in [5.74, 6) is -0.510. The van der Waals surface area contributed by atoms with Crippen LogP contribution in [0.25, 0.3) is 0 Å². The molecule has 0 aliphatic carbocycles. The molecule has 0 saturated heterocycles. The molecule has 2 rings (SSSR count). The molecule has 108 valence electrons. The first kappa shape index (κ1) is 15.0. The van der Waals surface area contributed by atoms with Crippen LogP contribution in [0.3, 0.4) is 0 Å². The smallest absolute Gasteiger partial charge is 0.270 e. The lowest BCUT2D eigenvalue weighted by molar-refractivity contribution is -0.384. The van der Waals surface area contributed by atoms with Gasteiger partial charge in [-0.3, -0.25) is 14.9 Å². The quantitative estimate of drug-likeness (QED) is 0.670. The molecule has 0 radical (unpaired) electrons. The van der Waals surface area contributed by atoms with Crippen molar-refractivity contribution < 1.29 is 9.72 Å². The van der Waals surface area contributed by atoms with E-state index >= 15 is 0 Å². The topological polar surface area (TPSA) is 98.3 Å². The molecule has 0 atom stereocenters. The number of non-ortho nitro benzene ring substituents is 1. The van der Waals surface area contributed by atoms with Crippen LogP contribution in [0.5, 0.6) is 0 Å². The second-order valence-corrected chi connectivity index (χ2v) is 4.68. The molecule has 3 N–H and O–H groups in total. The highest BCUT2D eigenvalue weighted by atomic mass is 35.5. The number of hydrogen-bond donors (Lipinski definition) is 2. The molecule has 6 nitrogen and oxygen atoms in total. The fourth-order valence-corrected chi connectivity index (χ4v) is 1.93. The van der Waals surface area contributed by atoms with Gasteiger partial charge in [-0.25, -0.2) is 0 Å². The van der Waals surface area contributed by atoms with E-state index < -0.39 is 10.8 Å². The van der Waals surface area contributed by atoms with Gasteiger partial charge < -0.3 is 11.1 Å². The molecule has 0 fully saturated rings. The van der Waals surface area contributed by atoms with Crippen LogP contribution < -0.4 is 11.1 Å². The molecule has 0 saturated carbocycles. The lowest BCUT2D eigenvalue weighted by Gasteiger charge is -2.07. The van der Waals surface area contributed by atoms with Gasteiger partial charge in [-0.1, -0.05) is 23.7 Å². The van der Waals surface area contributed by atoms with Crippen molar-refractivity contribution >= 4 is 28.9 Å². The summed E-state index contributed by atoms with van der Waals surface area (Å²) < 4.78 is 0. The van der Waals surface area contributed by atoms with Crippen molar-refractivity contribution in [3.8, 4) is 0 Å². The summed E-state index contributed by atoms with van der Waals surface area (Å²) in [5, 5.41) is 13.5. The minimum atomic E-state index is -0.580. The van der Waals surface area contributed by atoms with Crippen molar-refractivity contribution in [1.82, 2.24) is 0 Å². The first-order valence-electron chi connectivity index (χ1n) is 6.05. The molecule has 2 aromatic rings. The number of carbonyl (C=O) groups excluding carboxylic acids is 1. The van der Waals surface area contributed by atoms with E-state index in [0.29, 0.717) is 12.2 Å². The Hall–Kier alpha value is -2.44. The Bertz CT molecular complexity index is 686. The van der Waals surface area contributed by atoms with E-state index in [2.05, 4.69) is 5.32 Å². The SMILES string of the molecule is NCc1ccc(NC(=O)c2cc([N+](=O)[O-])ccc2Cl)cc1. The number of nitrogens with two attached hydrogens (primary N) is 1. The third-order valence-electron chi connectivity index (χ3n) is 2.85. The summed E-state index contributed by atoms with van der Waals surface area (Å²) >= 11 is 5.91. The number of amides is 1. The maximum Gasteiger partial charge on any atom is 0.270 e. The van der Waals surface area contributed by atoms with Gasteiger partial charge in [0.15, 0.2) is 0 Å². The summed E-state index contributed by atoms with van der Waals surface area (Å²) in [6.07, 6.45) is 0. The Morgan fingerprint density at radius 3 is 2.48 bits per heavy atom. The monoisotopic (exact) mass is 305 g/mol. The predicted molar refractivity (Wildman–Crippen MR) is 80.4 cm³/mol. The van der Waals surface area contributed by atoms with Gasteiger partial charge in [-0.15, -0.1) is 0 Å². The van der Waals surface area contributed by atoms with E-state index in [0.717, 1.165) is 11.6 Å². The van der Waals surface area contributed by atoms with Crippen molar-refractivity contribution in [2.45, 2.75) is 6.54 Å². The minimum Gasteiger partial charge on any atom is -0.326 e. The average Bonchev–Trinajstić information content (AvgIpc) is 2.48. The van der Waals surface area contributed by atoms with Crippen LogP contribution in [0.2, 0.25) is 5.02 Å². The van der Waals surface area contributed by atoms with Gasteiger partial charge in [0.1, 0.15) is 0 Å². The van der Waals surface area contributed by atoms with E-state index in [1.54, 1.807) is 24.3 Å². The van der Waals surface area contributed by atoms with Gasteiger partial charge in [-0.2, -0.15) is 0 Å². The Balaban J connectivity index is 2.23. The van der Waals surface area contributed by atoms with Crippen molar-refractivity contribution in [3.05, 3.63) is 68.7 Å². The first-order valence-corrected chi connectivity index (χ1v) is 6.43. The second-order valence-electron chi connectivity index (χ2n) is 4.28. The van der Waals surface area contributed by atoms with Gasteiger partial charge in [0, 0.05) is 24.4 Å². The molecule has 0 heterocycles. The zero-order valence-electron chi connectivity index (χ0n) is 10.9. The Labute approximate surface area is 125 Å². The van der Waals surface area contributed by atoms with E-state index in [1.807, 2.05) is 0 Å². The summed E-state index contributed by atoms with van der Waals surface area (Å²) in [7, 11) is 0. The standard InChI is InChI=1S/C14H12ClN3O3/c15-13-6-5-11(18(20)21)7-12(13)14(19)17-10-3-1-9(8-16)2-4-10/h1-7H,8,16H2,(H,17,19). The molecular formula is C14H12ClN3O3. The largest absolute Gasteiger partial charge is 0.326 e. The number of nitro benzene ring substituents is 1. The summed E-state index contributed by atoms with van der Waals surface area (Å²) in [4.78, 5) is 22.3. The first-order chi connectivity index (χ1) is 10.0. The van der Waals surface area contributed by atoms with E-state index in [-0.39, 0.29) is 16.3 Å². The molecule has 0 spiro atoms. The predicted octanol–water partition coefficient (Wildman–Crippen LogP) is 2.96. The number of nitro groups is 1. The fourth-order valence-electron chi connectivity index (χ4n) is 1.72. The van der Waals surface area contributed by atoms with Crippen LogP contribution in [0.1, 0.15) is 15.9 Å². The third-order valence-corrected chi connectivity index (χ3v) is 3.18. The zero-order chi connectivity index (χ0) is 15.4. The minimum absolute atomic E-state index is 0.0498. The van der Waals surface area contributed by atoms with Gasteiger partial charge in [-0.05, 0) is 23.8 Å². The molecule has 7 heteroatoms. The molecule has 0 aliphatic heterocycles. The van der Waals surface area contributed by atoms with Crippen molar-refractivity contribution in [2.24, 2.45) is 5.73 Å². The highest BCUT2D eigenvalue weighted by Gasteiger charge is 2.15. The molecule has 2 aromatic carbocycles. The van der Waals surface area contributed by atoms with Crippen molar-refractivity contribution in [1.29, 1.82) is 0 Å². The third kappa shape index (κ3) is 3.56. The molecular weight excluding hydrogens is 294 g/mol. The van der Waals surface area contributed by atoms with Gasteiger partial charge in [0.2, 0.25) is 0 Å². The number of carbonyl (C=O) groups is 1. The molecule has 21 heavy (non-hydrogen) atoms. The number of nitrogens with one attached hydrogen (secondary N) is 1. The molecule has 0 bridgehead atoms. The Morgan fingerprint density at radius 2 is 1.90 bits per heavy atom. The molecule has 0 unspecified atom stereocenters. The van der Waals surface area contributed by atoms with Gasteiger partial charge >= 0.3 is 0 Å². The normalized spacial score (nSPS) is 10.2. The second kappa shape index (κ2) is 6.34. The highest BCUT2D eigenvalue weighted by molar-refractivity contribution is 6.34. The average molecular weight is 306 g/mol. The van der Waals surface area contributed by atoms with Crippen LogP contribution in [-0.2, 0) is 6.54 Å². The van der Waals surface area contributed by atoms with Gasteiger partial charge in [0.05, 0.1) is 15.5 Å². The number of anilines is 1. The van der Waals surface area contributed by atoms with Crippen molar-refractivity contribution in [3.63, 3.8) is 0 Å². The molecule has 0 aliphatic rings. The van der Waals surface area contributed by atoms with E-state index in [9.17, 15) is 14.9 Å². The lowest BCUT2D eigenvalue weighted by Crippen LogP contribution is -2.13. The van der Waals surface area contributed by atoms with E-state index in [1.165, 1.54) is 12.1 Å². The van der Waals surface area contributed by atoms with E-state index in [4.69, 9.17) is 17.3 Å². The van der Waals surface area contributed by atoms with Crippen molar-refractivity contribution in [2.75, 3.05) is 5.32 Å². The molecule has 0 aromatic heterocycles. The Morgan fingerprint density at radius 1 is 1.24 bits per heavy atom. The summed E-state index contributed by atoms with van der Waals surface area (Å²) in [6, 6.07) is 10.7. The maximum absolute atomic E-state index is 12.1. The highest BCUT2D eigenvalue weighted by Crippen LogP contribution is 2.23. The number of rotatable bonds is 4. The van der Waals surface area contributed by atoms with Crippen LogP contribution in [0.4, 0.5) is 11.4 Å². The Kier molecular flexibility index (Phi) is 4.52. The number of hydrogen-bond acceptors (Lipinski definition) is 4. The van der Waals surface area contributed by atoms with Crippen LogP contribution in [0.15, 0.2) is 42.5 Å². The van der Waals surface area contributed by atoms with Gasteiger partial charge in [0.25, 0.3) is 11.6 Å². The lowest BCUT2D eigenvalue weighted by atomic mass is 10.1.